The van der Waals surface area contributed by atoms with Crippen molar-refractivity contribution in [3.8, 4) is 0 Å². The van der Waals surface area contributed by atoms with Gasteiger partial charge in [0.25, 0.3) is 0 Å². The highest BCUT2D eigenvalue weighted by Crippen LogP contribution is 2.21. The van der Waals surface area contributed by atoms with E-state index in [0.29, 0.717) is 13.1 Å². The van der Waals surface area contributed by atoms with E-state index >= 15 is 0 Å². The van der Waals surface area contributed by atoms with E-state index in [1.54, 1.807) is 11.8 Å². The number of aromatic nitrogens is 1. The molecule has 1 amide bonds. The first-order valence-corrected chi connectivity index (χ1v) is 9.20. The summed E-state index contributed by atoms with van der Waals surface area (Å²) < 4.78 is 0. The van der Waals surface area contributed by atoms with Gasteiger partial charge in [0, 0.05) is 45.0 Å². The lowest BCUT2D eigenvalue weighted by Gasteiger charge is -2.20. The van der Waals surface area contributed by atoms with Gasteiger partial charge in [-0.25, -0.2) is 4.98 Å². The summed E-state index contributed by atoms with van der Waals surface area (Å²) in [5, 5.41) is 2.81. The molecule has 1 aromatic carbocycles. The maximum atomic E-state index is 11.6. The molecule has 25 heavy (non-hydrogen) atoms. The molecular formula is C18H27ClN4OS. The van der Waals surface area contributed by atoms with Crippen LogP contribution in [0.1, 0.15) is 25.1 Å². The molecule has 0 aliphatic carbocycles. The molecule has 0 bridgehead atoms. The van der Waals surface area contributed by atoms with Gasteiger partial charge in [0.1, 0.15) is 0 Å². The van der Waals surface area contributed by atoms with Gasteiger partial charge in [-0.2, -0.15) is 0 Å². The fraction of sp³-hybridized carbons (Fsp3) is 0.444. The zero-order chi connectivity index (χ0) is 17.4. The van der Waals surface area contributed by atoms with Crippen LogP contribution in [0, 0.1) is 0 Å². The van der Waals surface area contributed by atoms with Crippen molar-refractivity contribution in [2.24, 2.45) is 5.73 Å². The number of hydrogen-bond donors (Lipinski definition) is 1. The molecule has 0 radical (unpaired) electrons. The molecule has 2 N–H and O–H groups in total. The van der Waals surface area contributed by atoms with Crippen molar-refractivity contribution in [3.63, 3.8) is 0 Å². The number of thiazole rings is 1. The van der Waals surface area contributed by atoms with Gasteiger partial charge in [0.15, 0.2) is 5.13 Å². The highest BCUT2D eigenvalue weighted by Gasteiger charge is 2.15. The van der Waals surface area contributed by atoms with Gasteiger partial charge < -0.3 is 5.73 Å². The molecule has 2 aromatic rings. The molecule has 5 nitrogen and oxygen atoms in total. The zero-order valence-corrected chi connectivity index (χ0v) is 16.5. The SMILES string of the molecule is CCN(C(C)=O)c1nc(CN(CCN)CCc2ccccc2)cs1.Cl. The van der Waals surface area contributed by atoms with Crippen LogP contribution in [0.2, 0.25) is 0 Å². The first-order chi connectivity index (χ1) is 11.6. The van der Waals surface area contributed by atoms with E-state index in [-0.39, 0.29) is 18.3 Å². The number of hydrogen-bond acceptors (Lipinski definition) is 5. The molecule has 1 heterocycles. The molecule has 7 heteroatoms. The van der Waals surface area contributed by atoms with Crippen LogP contribution < -0.4 is 10.6 Å². The van der Waals surface area contributed by atoms with Crippen molar-refractivity contribution >= 4 is 34.8 Å². The Labute approximate surface area is 160 Å². The van der Waals surface area contributed by atoms with Crippen LogP contribution in [0.4, 0.5) is 5.13 Å². The molecule has 1 aromatic heterocycles. The van der Waals surface area contributed by atoms with Crippen LogP contribution in [0.25, 0.3) is 0 Å². The van der Waals surface area contributed by atoms with E-state index in [9.17, 15) is 4.79 Å². The van der Waals surface area contributed by atoms with Crippen LogP contribution >= 0.6 is 23.7 Å². The molecule has 138 valence electrons. The number of benzene rings is 1. The third-order valence-corrected chi connectivity index (χ3v) is 4.77. The van der Waals surface area contributed by atoms with Gasteiger partial charge in [-0.15, -0.1) is 23.7 Å². The summed E-state index contributed by atoms with van der Waals surface area (Å²) in [5.41, 5.74) is 8.08. The van der Waals surface area contributed by atoms with Gasteiger partial charge in [-0.1, -0.05) is 30.3 Å². The van der Waals surface area contributed by atoms with Crippen LogP contribution in [0.15, 0.2) is 35.7 Å². The Morgan fingerprint density at radius 3 is 2.56 bits per heavy atom. The predicted molar refractivity (Wildman–Crippen MR) is 108 cm³/mol. The first kappa shape index (κ1) is 21.6. The summed E-state index contributed by atoms with van der Waals surface area (Å²) in [7, 11) is 0. The van der Waals surface area contributed by atoms with Crippen molar-refractivity contribution in [1.29, 1.82) is 0 Å². The molecule has 0 spiro atoms. The Bertz CT molecular complexity index is 635. The van der Waals surface area contributed by atoms with Gasteiger partial charge in [0.2, 0.25) is 5.91 Å². The maximum Gasteiger partial charge on any atom is 0.225 e. The molecular weight excluding hydrogens is 356 g/mol. The number of carbonyl (C=O) groups excluding carboxylic acids is 1. The third-order valence-electron chi connectivity index (χ3n) is 3.86. The van der Waals surface area contributed by atoms with E-state index < -0.39 is 0 Å². The smallest absolute Gasteiger partial charge is 0.225 e. The average Bonchev–Trinajstić information content (AvgIpc) is 3.02. The zero-order valence-electron chi connectivity index (χ0n) is 14.9. The fourth-order valence-electron chi connectivity index (χ4n) is 2.60. The number of anilines is 1. The lowest BCUT2D eigenvalue weighted by molar-refractivity contribution is -0.116. The topological polar surface area (TPSA) is 62.5 Å². The number of carbonyl (C=O) groups is 1. The van der Waals surface area contributed by atoms with Crippen LogP contribution in [0.5, 0.6) is 0 Å². The summed E-state index contributed by atoms with van der Waals surface area (Å²) in [4.78, 5) is 20.3. The van der Waals surface area contributed by atoms with Crippen molar-refractivity contribution in [2.75, 3.05) is 31.1 Å². The standard InChI is InChI=1S/C18H26N4OS.ClH/c1-3-22(15(2)23)18-20-17(14-24-18)13-21(12-10-19)11-9-16-7-5-4-6-8-16;/h4-8,14H,3,9-13,19H2,1-2H3;1H. The van der Waals surface area contributed by atoms with Crippen molar-refractivity contribution in [3.05, 3.63) is 47.0 Å². The van der Waals surface area contributed by atoms with Crippen LogP contribution in [-0.2, 0) is 17.8 Å². The van der Waals surface area contributed by atoms with E-state index in [1.165, 1.54) is 16.9 Å². The van der Waals surface area contributed by atoms with E-state index in [2.05, 4.69) is 34.1 Å². The fourth-order valence-corrected chi connectivity index (χ4v) is 3.52. The molecule has 0 saturated heterocycles. The Hall–Kier alpha value is -1.47. The summed E-state index contributed by atoms with van der Waals surface area (Å²) in [6.45, 7) is 7.34. The monoisotopic (exact) mass is 382 g/mol. The summed E-state index contributed by atoms with van der Waals surface area (Å²) >= 11 is 1.52. The molecule has 0 atom stereocenters. The van der Waals surface area contributed by atoms with Crippen molar-refractivity contribution in [2.45, 2.75) is 26.8 Å². The number of rotatable bonds is 9. The quantitative estimate of drug-likeness (QED) is 0.724. The van der Waals surface area contributed by atoms with E-state index in [4.69, 9.17) is 5.73 Å². The highest BCUT2D eigenvalue weighted by molar-refractivity contribution is 7.14. The second-order valence-corrected chi connectivity index (χ2v) is 6.52. The number of halogens is 1. The van der Waals surface area contributed by atoms with E-state index in [0.717, 1.165) is 36.9 Å². The molecule has 0 aliphatic rings. The van der Waals surface area contributed by atoms with Crippen molar-refractivity contribution in [1.82, 2.24) is 9.88 Å². The first-order valence-electron chi connectivity index (χ1n) is 8.33. The van der Waals surface area contributed by atoms with Gasteiger partial charge in [-0.05, 0) is 18.9 Å². The van der Waals surface area contributed by atoms with Crippen LogP contribution in [0.3, 0.4) is 0 Å². The Balaban J connectivity index is 0.00000312. The number of nitrogens with two attached hydrogens (primary N) is 1. The Morgan fingerprint density at radius 2 is 1.96 bits per heavy atom. The Morgan fingerprint density at radius 1 is 1.24 bits per heavy atom. The van der Waals surface area contributed by atoms with Gasteiger partial charge in [0.05, 0.1) is 5.69 Å². The molecule has 0 unspecified atom stereocenters. The van der Waals surface area contributed by atoms with E-state index in [1.807, 2.05) is 18.4 Å². The van der Waals surface area contributed by atoms with Crippen LogP contribution in [-0.4, -0.2) is 42.0 Å². The van der Waals surface area contributed by atoms with Crippen molar-refractivity contribution < 1.29 is 4.79 Å². The lowest BCUT2D eigenvalue weighted by atomic mass is 10.1. The number of nitrogens with zero attached hydrogens (tertiary/aromatic N) is 3. The lowest BCUT2D eigenvalue weighted by Crippen LogP contribution is -2.31. The minimum atomic E-state index is 0. The minimum Gasteiger partial charge on any atom is -0.329 e. The minimum absolute atomic E-state index is 0. The number of amides is 1. The maximum absolute atomic E-state index is 11.6. The molecule has 2 rings (SSSR count). The Kier molecular flexibility index (Phi) is 9.67. The molecule has 0 fully saturated rings. The summed E-state index contributed by atoms with van der Waals surface area (Å²) in [5.74, 6) is 0.0290. The predicted octanol–water partition coefficient (Wildman–Crippen LogP) is 2.94. The second-order valence-electron chi connectivity index (χ2n) is 5.69. The highest BCUT2D eigenvalue weighted by atomic mass is 35.5. The third kappa shape index (κ3) is 6.74. The molecule has 0 aliphatic heterocycles. The van der Waals surface area contributed by atoms with Gasteiger partial charge >= 0.3 is 0 Å². The molecule has 0 saturated carbocycles. The summed E-state index contributed by atoms with van der Waals surface area (Å²) in [6, 6.07) is 10.5. The average molecular weight is 383 g/mol. The summed E-state index contributed by atoms with van der Waals surface area (Å²) in [6.07, 6.45) is 0.992. The second kappa shape index (κ2) is 11.2. The normalized spacial score (nSPS) is 10.6. The van der Waals surface area contributed by atoms with Gasteiger partial charge in [-0.3, -0.25) is 14.6 Å². The largest absolute Gasteiger partial charge is 0.329 e.